The van der Waals surface area contributed by atoms with Gasteiger partial charge in [0.05, 0.1) is 11.9 Å². The minimum atomic E-state index is -0.813. The van der Waals surface area contributed by atoms with Gasteiger partial charge in [0.2, 0.25) is 5.91 Å². The molecule has 3 N–H and O–H groups in total. The number of thioether (sulfide) groups is 2. The normalized spacial score (nSPS) is 12.3. The molecule has 29 heavy (non-hydrogen) atoms. The Balaban J connectivity index is 1.72. The number of primary amides is 1. The van der Waals surface area contributed by atoms with Crippen LogP contribution in [0.15, 0.2) is 50.8 Å². The molecule has 0 aliphatic heterocycles. The predicted molar refractivity (Wildman–Crippen MR) is 114 cm³/mol. The van der Waals surface area contributed by atoms with E-state index in [0.717, 1.165) is 27.5 Å². The van der Waals surface area contributed by atoms with Crippen molar-refractivity contribution in [1.29, 1.82) is 0 Å². The Labute approximate surface area is 177 Å². The molecule has 0 saturated heterocycles. The summed E-state index contributed by atoms with van der Waals surface area (Å²) in [5.74, 6) is 0.261. The van der Waals surface area contributed by atoms with E-state index in [9.17, 15) is 9.59 Å². The maximum atomic E-state index is 12.5. The van der Waals surface area contributed by atoms with E-state index in [-0.39, 0.29) is 10.7 Å². The lowest BCUT2D eigenvalue weighted by atomic mass is 10.3. The summed E-state index contributed by atoms with van der Waals surface area (Å²) >= 11 is 3.87. The van der Waals surface area contributed by atoms with Crippen LogP contribution in [0.2, 0.25) is 0 Å². The molecule has 1 atom stereocenters. The molecule has 0 spiro atoms. The van der Waals surface area contributed by atoms with Crippen molar-refractivity contribution in [2.45, 2.75) is 21.7 Å². The number of fused-ring (bicyclic) bond motifs is 1. The molecule has 0 radical (unpaired) electrons. The van der Waals surface area contributed by atoms with Gasteiger partial charge in [0, 0.05) is 0 Å². The van der Waals surface area contributed by atoms with Crippen molar-refractivity contribution in [1.82, 2.24) is 29.9 Å². The van der Waals surface area contributed by atoms with Gasteiger partial charge in [-0.1, -0.05) is 60.0 Å². The fourth-order valence-corrected chi connectivity index (χ4v) is 5.39. The summed E-state index contributed by atoms with van der Waals surface area (Å²) in [4.78, 5) is 31.8. The first-order chi connectivity index (χ1) is 14.1. The van der Waals surface area contributed by atoms with Crippen molar-refractivity contribution in [2.75, 3.05) is 5.75 Å². The average Bonchev–Trinajstić information content (AvgIpc) is 3.34. The van der Waals surface area contributed by atoms with Gasteiger partial charge in [0.25, 0.3) is 5.56 Å². The highest BCUT2D eigenvalue weighted by molar-refractivity contribution is 8.01. The van der Waals surface area contributed by atoms with Crippen LogP contribution >= 0.6 is 34.9 Å². The molecular formula is C17H15N7O2S3. The first kappa shape index (κ1) is 19.6. The molecule has 0 fully saturated rings. The van der Waals surface area contributed by atoms with Crippen LogP contribution < -0.4 is 11.3 Å². The fraction of sp³-hybridized carbons (Fsp3) is 0.176. The molecule has 12 heteroatoms. The van der Waals surface area contributed by atoms with Gasteiger partial charge in [0.1, 0.15) is 15.6 Å². The lowest BCUT2D eigenvalue weighted by molar-refractivity contribution is -0.117. The number of carbonyl (C=O) groups excluding carboxylic acids is 1. The van der Waals surface area contributed by atoms with E-state index in [1.165, 1.54) is 29.3 Å². The minimum Gasteiger partial charge on any atom is -0.368 e. The predicted octanol–water partition coefficient (Wildman–Crippen LogP) is 2.39. The highest BCUT2D eigenvalue weighted by Crippen LogP contribution is 2.36. The summed E-state index contributed by atoms with van der Waals surface area (Å²) < 4.78 is 2.34. The third-order valence-corrected chi connectivity index (χ3v) is 7.08. The molecule has 0 bridgehead atoms. The first-order valence-electron chi connectivity index (χ1n) is 8.52. The second-order valence-electron chi connectivity index (χ2n) is 5.74. The zero-order valence-electron chi connectivity index (χ0n) is 15.1. The summed E-state index contributed by atoms with van der Waals surface area (Å²) in [5.41, 5.74) is 6.41. The molecule has 1 amide bonds. The Morgan fingerprint density at radius 3 is 2.83 bits per heavy atom. The zero-order valence-corrected chi connectivity index (χ0v) is 17.6. The van der Waals surface area contributed by atoms with Crippen molar-refractivity contribution >= 4 is 51.8 Å². The molecule has 0 saturated carbocycles. The van der Waals surface area contributed by atoms with Gasteiger partial charge < -0.3 is 10.7 Å². The third kappa shape index (κ3) is 4.04. The molecular weight excluding hydrogens is 430 g/mol. The van der Waals surface area contributed by atoms with Gasteiger partial charge in [-0.25, -0.2) is 9.67 Å². The summed E-state index contributed by atoms with van der Waals surface area (Å²) in [7, 11) is 0. The van der Waals surface area contributed by atoms with Crippen LogP contribution in [0, 0.1) is 0 Å². The van der Waals surface area contributed by atoms with E-state index in [4.69, 9.17) is 5.73 Å². The maximum Gasteiger partial charge on any atom is 0.262 e. The average molecular weight is 446 g/mol. The Morgan fingerprint density at radius 1 is 1.31 bits per heavy atom. The van der Waals surface area contributed by atoms with Crippen molar-refractivity contribution in [3.05, 3.63) is 51.9 Å². The number of nitrogens with two attached hydrogens (primary N) is 1. The number of nitrogens with zero attached hydrogens (tertiary/aromatic N) is 5. The van der Waals surface area contributed by atoms with Crippen LogP contribution in [-0.4, -0.2) is 41.6 Å². The largest absolute Gasteiger partial charge is 0.368 e. The summed E-state index contributed by atoms with van der Waals surface area (Å²) in [5, 5.41) is 12.7. The highest BCUT2D eigenvalue weighted by atomic mass is 32.2. The summed E-state index contributed by atoms with van der Waals surface area (Å²) in [6.07, 6.45) is 1.47. The van der Waals surface area contributed by atoms with E-state index in [1.54, 1.807) is 4.68 Å². The Bertz CT molecular complexity index is 1220. The number of hydrogen-bond donors (Lipinski definition) is 2. The second kappa shape index (κ2) is 8.35. The Morgan fingerprint density at radius 2 is 2.10 bits per heavy atom. The number of para-hydroxylation sites is 1. The van der Waals surface area contributed by atoms with E-state index < -0.39 is 11.2 Å². The zero-order chi connectivity index (χ0) is 20.4. The molecule has 9 nitrogen and oxygen atoms in total. The summed E-state index contributed by atoms with van der Waals surface area (Å²) in [6.45, 7) is 2.01. The minimum absolute atomic E-state index is 0.254. The Hall–Kier alpha value is -2.70. The fourth-order valence-electron chi connectivity index (χ4n) is 2.56. The van der Waals surface area contributed by atoms with E-state index in [0.29, 0.717) is 16.0 Å². The van der Waals surface area contributed by atoms with Crippen LogP contribution in [0.4, 0.5) is 0 Å². The molecule has 0 aliphatic carbocycles. The van der Waals surface area contributed by atoms with Crippen LogP contribution in [0.25, 0.3) is 16.7 Å². The molecule has 1 aromatic carbocycles. The molecule has 3 heterocycles. The number of rotatable bonds is 7. The van der Waals surface area contributed by atoms with Crippen molar-refractivity contribution in [3.63, 3.8) is 0 Å². The van der Waals surface area contributed by atoms with Crippen LogP contribution in [-0.2, 0) is 4.79 Å². The van der Waals surface area contributed by atoms with Crippen molar-refractivity contribution in [2.24, 2.45) is 5.73 Å². The number of aromatic nitrogens is 6. The molecule has 3 aromatic heterocycles. The van der Waals surface area contributed by atoms with Crippen LogP contribution in [0.1, 0.15) is 17.2 Å². The van der Waals surface area contributed by atoms with Gasteiger partial charge in [-0.05, 0) is 17.9 Å². The topological polar surface area (TPSA) is 132 Å². The standard InChI is InChI=1S/C17H15N7O2S3/c1-2-27-17-23-22-15(29-17)11(12(18)25)28-16-20-13-10(14(26)21-16)8-19-24(13)9-6-4-3-5-7-9/h3-8,11H,2H2,1H3,(H2,18,25)(H,20,21,26). The monoisotopic (exact) mass is 445 g/mol. The summed E-state index contributed by atoms with van der Waals surface area (Å²) in [6, 6.07) is 9.36. The van der Waals surface area contributed by atoms with Crippen molar-refractivity contribution < 1.29 is 4.79 Å². The number of aromatic amines is 1. The maximum absolute atomic E-state index is 12.5. The second-order valence-corrected chi connectivity index (χ2v) is 9.35. The third-order valence-electron chi connectivity index (χ3n) is 3.82. The van der Waals surface area contributed by atoms with Gasteiger partial charge in [-0.15, -0.1) is 10.2 Å². The molecule has 4 rings (SSSR count). The molecule has 0 aliphatic rings. The van der Waals surface area contributed by atoms with E-state index >= 15 is 0 Å². The Kier molecular flexibility index (Phi) is 5.65. The molecule has 4 aromatic rings. The van der Waals surface area contributed by atoms with Gasteiger partial charge in [0.15, 0.2) is 15.1 Å². The lowest BCUT2D eigenvalue weighted by Crippen LogP contribution is -2.20. The number of benzene rings is 1. The first-order valence-corrected chi connectivity index (χ1v) is 11.2. The number of carbonyl (C=O) groups is 1. The SMILES string of the molecule is CCSc1nnc(C(Sc2nc3c(cnn3-c3ccccc3)c(=O)[nH]2)C(N)=O)s1. The smallest absolute Gasteiger partial charge is 0.262 e. The van der Waals surface area contributed by atoms with E-state index in [2.05, 4.69) is 25.3 Å². The number of hydrogen-bond acceptors (Lipinski definition) is 9. The number of amides is 1. The number of H-pyrrole nitrogens is 1. The van der Waals surface area contributed by atoms with Gasteiger partial charge in [-0.3, -0.25) is 9.59 Å². The van der Waals surface area contributed by atoms with Gasteiger partial charge >= 0.3 is 0 Å². The van der Waals surface area contributed by atoms with Crippen molar-refractivity contribution in [3.8, 4) is 5.69 Å². The van der Waals surface area contributed by atoms with E-state index in [1.807, 2.05) is 37.3 Å². The van der Waals surface area contributed by atoms with Crippen LogP contribution in [0.5, 0.6) is 0 Å². The quantitative estimate of drug-likeness (QED) is 0.327. The van der Waals surface area contributed by atoms with Gasteiger partial charge in [-0.2, -0.15) is 5.10 Å². The van der Waals surface area contributed by atoms with Crippen LogP contribution in [0.3, 0.4) is 0 Å². The molecule has 1 unspecified atom stereocenters. The lowest BCUT2D eigenvalue weighted by Gasteiger charge is -2.09. The molecule has 148 valence electrons. The number of nitrogens with one attached hydrogen (secondary N) is 1. The highest BCUT2D eigenvalue weighted by Gasteiger charge is 2.26.